The van der Waals surface area contributed by atoms with Gasteiger partial charge in [0, 0.05) is 7.11 Å². The zero-order chi connectivity index (χ0) is 19.9. The number of carboxylic acid groups (broad SMARTS) is 1. The molecule has 0 radical (unpaired) electrons. The number of carbonyl (C=O) groups is 1. The Morgan fingerprint density at radius 3 is 2.61 bits per heavy atom. The predicted molar refractivity (Wildman–Crippen MR) is 110 cm³/mol. The van der Waals surface area contributed by atoms with E-state index in [9.17, 15) is 9.90 Å². The second-order valence-corrected chi connectivity index (χ2v) is 6.51. The second-order valence-electron chi connectivity index (χ2n) is 6.51. The van der Waals surface area contributed by atoms with E-state index >= 15 is 0 Å². The van der Waals surface area contributed by atoms with E-state index < -0.39 is 5.97 Å². The van der Waals surface area contributed by atoms with Crippen molar-refractivity contribution in [2.24, 2.45) is 0 Å². The van der Waals surface area contributed by atoms with Crippen molar-refractivity contribution in [3.63, 3.8) is 0 Å². The molecule has 144 valence electrons. The maximum Gasteiger partial charge on any atom is 0.336 e. The van der Waals surface area contributed by atoms with Crippen molar-refractivity contribution in [2.75, 3.05) is 7.11 Å². The van der Waals surface area contributed by atoms with Gasteiger partial charge in [-0.2, -0.15) is 5.10 Å². The van der Waals surface area contributed by atoms with Crippen molar-refractivity contribution in [1.29, 1.82) is 0 Å². The van der Waals surface area contributed by atoms with Gasteiger partial charge >= 0.3 is 5.97 Å². The van der Waals surface area contributed by atoms with Gasteiger partial charge in [-0.3, -0.25) is 4.68 Å². The highest BCUT2D eigenvalue weighted by Gasteiger charge is 2.11. The third-order valence-corrected chi connectivity index (χ3v) is 4.43. The lowest BCUT2D eigenvalue weighted by Crippen LogP contribution is -2.05. The summed E-state index contributed by atoms with van der Waals surface area (Å²) in [6.07, 6.45) is 5.14. The van der Waals surface area contributed by atoms with Crippen LogP contribution in [0, 0.1) is 0 Å². The minimum absolute atomic E-state index is 0.304. The first-order valence-corrected chi connectivity index (χ1v) is 9.26. The van der Waals surface area contributed by atoms with E-state index in [1.807, 2.05) is 47.1 Å². The molecule has 0 unspecified atom stereocenters. The van der Waals surface area contributed by atoms with Crippen LogP contribution in [-0.2, 0) is 17.9 Å². The van der Waals surface area contributed by atoms with E-state index in [1.54, 1.807) is 19.2 Å². The van der Waals surface area contributed by atoms with Crippen molar-refractivity contribution >= 4 is 12.0 Å². The highest BCUT2D eigenvalue weighted by molar-refractivity contribution is 5.95. The molecule has 0 saturated heterocycles. The maximum atomic E-state index is 11.5. The molecular weight excluding hydrogens is 352 g/mol. The van der Waals surface area contributed by atoms with E-state index in [0.29, 0.717) is 18.7 Å². The molecule has 0 aliphatic rings. The number of rotatable bonds is 8. The summed E-state index contributed by atoms with van der Waals surface area (Å²) in [5, 5.41) is 14.0. The molecule has 0 amide bonds. The summed E-state index contributed by atoms with van der Waals surface area (Å²) >= 11 is 0. The van der Waals surface area contributed by atoms with E-state index in [0.717, 1.165) is 34.5 Å². The largest absolute Gasteiger partial charge is 0.478 e. The van der Waals surface area contributed by atoms with Gasteiger partial charge in [0.1, 0.15) is 0 Å². The van der Waals surface area contributed by atoms with Crippen LogP contribution in [-0.4, -0.2) is 28.0 Å². The summed E-state index contributed by atoms with van der Waals surface area (Å²) in [6.45, 7) is 3.21. The highest BCUT2D eigenvalue weighted by Crippen LogP contribution is 2.24. The van der Waals surface area contributed by atoms with Gasteiger partial charge in [-0.1, -0.05) is 55.5 Å². The molecule has 0 fully saturated rings. The van der Waals surface area contributed by atoms with Crippen molar-refractivity contribution in [2.45, 2.75) is 26.5 Å². The van der Waals surface area contributed by atoms with E-state index in [1.165, 1.54) is 0 Å². The molecule has 0 saturated carbocycles. The van der Waals surface area contributed by atoms with Gasteiger partial charge in [-0.25, -0.2) is 4.79 Å². The quantitative estimate of drug-likeness (QED) is 0.609. The topological polar surface area (TPSA) is 64.4 Å². The molecule has 0 aliphatic carbocycles. The van der Waals surface area contributed by atoms with Crippen LogP contribution in [0.5, 0.6) is 0 Å². The van der Waals surface area contributed by atoms with Crippen LogP contribution in [0.4, 0.5) is 0 Å². The molecule has 0 aliphatic heterocycles. The minimum atomic E-state index is -0.922. The molecule has 28 heavy (non-hydrogen) atoms. The zero-order valence-corrected chi connectivity index (χ0v) is 16.1. The maximum absolute atomic E-state index is 11.5. The average Bonchev–Trinajstić information content (AvgIpc) is 3.08. The third kappa shape index (κ3) is 4.56. The number of ether oxygens (including phenoxy) is 1. The Kier molecular flexibility index (Phi) is 6.40. The summed E-state index contributed by atoms with van der Waals surface area (Å²) < 4.78 is 7.16. The van der Waals surface area contributed by atoms with Gasteiger partial charge in [0.15, 0.2) is 0 Å². The van der Waals surface area contributed by atoms with Crippen molar-refractivity contribution in [1.82, 2.24) is 9.78 Å². The molecule has 5 heteroatoms. The first kappa shape index (κ1) is 19.6. The molecular formula is C23H24N2O3. The standard InChI is InChI=1S/C23H24N2O3/c1-3-4-7-20-14-19(16-28-2)24-25(20)15-17-10-12-18(13-11-17)21-8-5-6-9-22(21)23(26)27/h4-14H,3,15-16H2,1-2H3,(H,26,27). The van der Waals surface area contributed by atoms with Crippen LogP contribution in [0.15, 0.2) is 60.7 Å². The molecule has 1 aromatic heterocycles. The number of hydrogen-bond donors (Lipinski definition) is 1. The Bertz CT molecular complexity index is 972. The van der Waals surface area contributed by atoms with E-state index in [-0.39, 0.29) is 0 Å². The normalized spacial score (nSPS) is 11.2. The number of nitrogens with zero attached hydrogens (tertiary/aromatic N) is 2. The predicted octanol–water partition coefficient (Wildman–Crippen LogP) is 4.87. The van der Waals surface area contributed by atoms with Gasteiger partial charge < -0.3 is 9.84 Å². The lowest BCUT2D eigenvalue weighted by molar-refractivity contribution is 0.0697. The minimum Gasteiger partial charge on any atom is -0.478 e. The molecule has 3 rings (SSSR count). The van der Waals surface area contributed by atoms with Crippen LogP contribution in [0.25, 0.3) is 17.2 Å². The second kappa shape index (κ2) is 9.15. The number of hydrogen-bond acceptors (Lipinski definition) is 3. The fourth-order valence-electron chi connectivity index (χ4n) is 3.09. The Labute approximate surface area is 164 Å². The summed E-state index contributed by atoms with van der Waals surface area (Å²) in [5.41, 5.74) is 4.93. The Hall–Kier alpha value is -3.18. The van der Waals surface area contributed by atoms with Crippen LogP contribution in [0.1, 0.15) is 40.7 Å². The van der Waals surface area contributed by atoms with E-state index in [4.69, 9.17) is 4.74 Å². The van der Waals surface area contributed by atoms with Crippen LogP contribution in [0.3, 0.4) is 0 Å². The Balaban J connectivity index is 1.85. The SMILES string of the molecule is CCC=Cc1cc(COC)nn1Cc1ccc(-c2ccccc2C(=O)O)cc1. The van der Waals surface area contributed by atoms with Crippen LogP contribution in [0.2, 0.25) is 0 Å². The third-order valence-electron chi connectivity index (χ3n) is 4.43. The van der Waals surface area contributed by atoms with Gasteiger partial charge in [0.25, 0.3) is 0 Å². The van der Waals surface area contributed by atoms with Gasteiger partial charge in [-0.15, -0.1) is 0 Å². The molecule has 0 atom stereocenters. The lowest BCUT2D eigenvalue weighted by atomic mass is 9.99. The van der Waals surface area contributed by atoms with Gasteiger partial charge in [-0.05, 0) is 41.3 Å². The van der Waals surface area contributed by atoms with E-state index in [2.05, 4.69) is 24.2 Å². The smallest absolute Gasteiger partial charge is 0.336 e. The summed E-state index contributed by atoms with van der Waals surface area (Å²) in [7, 11) is 1.66. The Morgan fingerprint density at radius 1 is 1.18 bits per heavy atom. The fourth-order valence-corrected chi connectivity index (χ4v) is 3.09. The molecule has 0 bridgehead atoms. The average molecular weight is 376 g/mol. The van der Waals surface area contributed by atoms with Gasteiger partial charge in [0.05, 0.1) is 30.1 Å². The number of allylic oxidation sites excluding steroid dienone is 1. The number of aromatic nitrogens is 2. The highest BCUT2D eigenvalue weighted by atomic mass is 16.5. The number of methoxy groups -OCH3 is 1. The molecule has 3 aromatic rings. The number of aromatic carboxylic acids is 1. The summed E-state index contributed by atoms with van der Waals surface area (Å²) in [4.78, 5) is 11.5. The van der Waals surface area contributed by atoms with Crippen LogP contribution >= 0.6 is 0 Å². The van der Waals surface area contributed by atoms with Crippen molar-refractivity contribution in [3.05, 3.63) is 83.2 Å². The first-order valence-electron chi connectivity index (χ1n) is 9.26. The monoisotopic (exact) mass is 376 g/mol. The number of benzene rings is 2. The van der Waals surface area contributed by atoms with Gasteiger partial charge in [0.2, 0.25) is 0 Å². The lowest BCUT2D eigenvalue weighted by Gasteiger charge is -2.09. The molecule has 2 aromatic carbocycles. The molecule has 1 heterocycles. The summed E-state index contributed by atoms with van der Waals surface area (Å²) in [6, 6.07) is 17.0. The van der Waals surface area contributed by atoms with Crippen molar-refractivity contribution < 1.29 is 14.6 Å². The first-order chi connectivity index (χ1) is 13.6. The van der Waals surface area contributed by atoms with Crippen molar-refractivity contribution in [3.8, 4) is 11.1 Å². The molecule has 5 nitrogen and oxygen atoms in total. The molecule has 0 spiro atoms. The zero-order valence-electron chi connectivity index (χ0n) is 16.1. The summed E-state index contributed by atoms with van der Waals surface area (Å²) in [5.74, 6) is -0.922. The number of carboxylic acids is 1. The molecule has 1 N–H and O–H groups in total. The Morgan fingerprint density at radius 2 is 1.93 bits per heavy atom. The van der Waals surface area contributed by atoms with Crippen LogP contribution < -0.4 is 0 Å². The fraction of sp³-hybridized carbons (Fsp3) is 0.217.